The predicted molar refractivity (Wildman–Crippen MR) is 223 cm³/mol. The summed E-state index contributed by atoms with van der Waals surface area (Å²) >= 11 is 1.41. The number of amides is 8. The average molecular weight is 854 g/mol. The van der Waals surface area contributed by atoms with Crippen molar-refractivity contribution in [2.24, 2.45) is 45.9 Å². The number of carbonyl (C=O) groups excluding carboxylic acids is 8. The zero-order valence-corrected chi connectivity index (χ0v) is 36.0. The molecule has 0 saturated heterocycles. The van der Waals surface area contributed by atoms with Crippen LogP contribution >= 0.6 is 11.8 Å². The average Bonchev–Trinajstić information content (AvgIpc) is 3.79. The van der Waals surface area contributed by atoms with Crippen LogP contribution in [0.25, 0.3) is 0 Å². The van der Waals surface area contributed by atoms with Crippen molar-refractivity contribution in [2.45, 2.75) is 135 Å². The quantitative estimate of drug-likeness (QED) is 0.0247. The van der Waals surface area contributed by atoms with Crippen molar-refractivity contribution in [3.63, 3.8) is 0 Å². The molecule has 2 fully saturated rings. The van der Waals surface area contributed by atoms with Crippen molar-refractivity contribution in [1.29, 1.82) is 0 Å². The molecule has 2 bridgehead atoms. The van der Waals surface area contributed by atoms with Gasteiger partial charge < -0.3 is 59.5 Å². The van der Waals surface area contributed by atoms with E-state index in [2.05, 4.69) is 42.2 Å². The number of aliphatic imine (C=N–C) groups is 1. The Labute approximate surface area is 350 Å². The molecule has 0 spiro atoms. The van der Waals surface area contributed by atoms with Crippen LogP contribution in [0.1, 0.15) is 92.4 Å². The maximum Gasteiger partial charge on any atom is 0.245 e. The molecule has 2 saturated carbocycles. The fourth-order valence-corrected chi connectivity index (χ4v) is 8.00. The van der Waals surface area contributed by atoms with Crippen LogP contribution in [-0.4, -0.2) is 126 Å². The Bertz CT molecular complexity index is 1510. The van der Waals surface area contributed by atoms with E-state index in [9.17, 15) is 43.5 Å². The lowest BCUT2D eigenvalue weighted by Gasteiger charge is -2.28. The largest absolute Gasteiger partial charge is 0.394 e. The Balaban J connectivity index is 2.10. The van der Waals surface area contributed by atoms with Crippen LogP contribution in [0.3, 0.4) is 0 Å². The third-order valence-electron chi connectivity index (χ3n) is 10.6. The monoisotopic (exact) mass is 853 g/mol. The molecule has 10 atom stereocenters. The van der Waals surface area contributed by atoms with E-state index in [-0.39, 0.29) is 49.5 Å². The molecule has 2 aliphatic carbocycles. The summed E-state index contributed by atoms with van der Waals surface area (Å²) in [6.45, 7) is 7.10. The number of primary amides is 1. The molecule has 21 heteroatoms. The van der Waals surface area contributed by atoms with E-state index < -0.39 is 90.3 Å². The number of hydrogen-bond donors (Lipinski definition) is 11. The van der Waals surface area contributed by atoms with E-state index >= 15 is 0 Å². The molecule has 14 N–H and O–H groups in total. The van der Waals surface area contributed by atoms with Crippen LogP contribution in [0.5, 0.6) is 0 Å². The van der Waals surface area contributed by atoms with Gasteiger partial charge in [0.05, 0.1) is 6.61 Å². The highest BCUT2D eigenvalue weighted by Crippen LogP contribution is 2.49. The first-order valence-corrected chi connectivity index (χ1v) is 21.7. The van der Waals surface area contributed by atoms with Crippen LogP contribution < -0.4 is 54.4 Å². The van der Waals surface area contributed by atoms with Crippen LogP contribution in [0.4, 0.5) is 0 Å². The lowest BCUT2D eigenvalue weighted by molar-refractivity contribution is -0.135. The van der Waals surface area contributed by atoms with Gasteiger partial charge >= 0.3 is 0 Å². The SMILES string of the molecule is CSCC[C@H](NC(=O)[C@H](C)NC(=O)[C@H](CCCN=C(N)N)NC(=O)[C@H](C[C@@H]1CC2CCC1C2)NC(C)=O)C(=O)N[C@@H](C)C(=O)N[C@@H](CO)C(=O)N[C@@H](CC(C)C)C(N)=O. The van der Waals surface area contributed by atoms with Crippen LogP contribution in [0, 0.1) is 23.7 Å². The fourth-order valence-electron chi connectivity index (χ4n) is 7.53. The number of guanidine groups is 1. The van der Waals surface area contributed by atoms with Crippen molar-refractivity contribution >= 4 is 65.0 Å². The number of nitrogens with one attached hydrogen (secondary N) is 7. The van der Waals surface area contributed by atoms with Gasteiger partial charge in [0.1, 0.15) is 42.3 Å². The highest BCUT2D eigenvalue weighted by atomic mass is 32.2. The molecule has 334 valence electrons. The number of rotatable bonds is 26. The third-order valence-corrected chi connectivity index (χ3v) is 11.3. The Kier molecular flexibility index (Phi) is 21.5. The zero-order chi connectivity index (χ0) is 44.4. The lowest BCUT2D eigenvalue weighted by Crippen LogP contribution is -2.59. The molecule has 8 amide bonds. The maximum atomic E-state index is 13.7. The van der Waals surface area contributed by atoms with Gasteiger partial charge in [-0.3, -0.25) is 43.3 Å². The number of nitrogens with two attached hydrogens (primary N) is 3. The molecule has 0 aromatic rings. The number of aliphatic hydroxyl groups excluding tert-OH is 1. The van der Waals surface area contributed by atoms with Crippen molar-refractivity contribution in [1.82, 2.24) is 37.2 Å². The summed E-state index contributed by atoms with van der Waals surface area (Å²) in [5.41, 5.74) is 16.3. The predicted octanol–water partition coefficient (Wildman–Crippen LogP) is -2.40. The zero-order valence-electron chi connectivity index (χ0n) is 35.1. The number of thioether (sulfide) groups is 1. The summed E-state index contributed by atoms with van der Waals surface area (Å²) in [5, 5.41) is 27.8. The molecule has 0 aliphatic heterocycles. The van der Waals surface area contributed by atoms with E-state index in [0.29, 0.717) is 30.4 Å². The summed E-state index contributed by atoms with van der Waals surface area (Å²) in [4.78, 5) is 108. The third kappa shape index (κ3) is 17.6. The van der Waals surface area contributed by atoms with E-state index in [0.717, 1.165) is 19.3 Å². The summed E-state index contributed by atoms with van der Waals surface area (Å²) in [6, 6.07) is -8.02. The molecule has 2 unspecified atom stereocenters. The molecule has 0 aromatic carbocycles. The molecular formula is C38H67N11O9S. The first-order valence-electron chi connectivity index (χ1n) is 20.3. The molecule has 2 aliphatic rings. The van der Waals surface area contributed by atoms with Gasteiger partial charge in [0, 0.05) is 13.5 Å². The van der Waals surface area contributed by atoms with Gasteiger partial charge in [0.2, 0.25) is 47.3 Å². The van der Waals surface area contributed by atoms with Crippen LogP contribution in [-0.2, 0) is 38.4 Å². The van der Waals surface area contributed by atoms with Gasteiger partial charge in [-0.1, -0.05) is 20.3 Å². The van der Waals surface area contributed by atoms with Crippen molar-refractivity contribution in [3.05, 3.63) is 0 Å². The summed E-state index contributed by atoms with van der Waals surface area (Å²) < 4.78 is 0. The summed E-state index contributed by atoms with van der Waals surface area (Å²) in [7, 11) is 0. The Hall–Kier alpha value is -4.66. The number of hydrogen-bond acceptors (Lipinski definition) is 11. The summed E-state index contributed by atoms with van der Waals surface area (Å²) in [6.07, 6.45) is 7.42. The maximum absolute atomic E-state index is 13.7. The Morgan fingerprint density at radius 1 is 0.678 bits per heavy atom. The minimum absolute atomic E-state index is 0.0116. The Morgan fingerprint density at radius 3 is 1.68 bits per heavy atom. The van der Waals surface area contributed by atoms with Gasteiger partial charge in [-0.15, -0.1) is 0 Å². The second kappa shape index (κ2) is 25.1. The highest BCUT2D eigenvalue weighted by Gasteiger charge is 2.42. The second-order valence-corrected chi connectivity index (χ2v) is 17.1. The van der Waals surface area contributed by atoms with Crippen molar-refractivity contribution in [2.75, 3.05) is 25.2 Å². The van der Waals surface area contributed by atoms with E-state index in [1.807, 2.05) is 13.8 Å². The lowest BCUT2D eigenvalue weighted by atomic mass is 9.84. The molecule has 59 heavy (non-hydrogen) atoms. The fraction of sp³-hybridized carbons (Fsp3) is 0.763. The molecule has 20 nitrogen and oxygen atoms in total. The molecule has 0 heterocycles. The molecule has 0 aromatic heterocycles. The van der Waals surface area contributed by atoms with Crippen LogP contribution in [0.15, 0.2) is 4.99 Å². The van der Waals surface area contributed by atoms with E-state index in [1.54, 1.807) is 6.26 Å². The van der Waals surface area contributed by atoms with E-state index in [1.165, 1.54) is 39.0 Å². The van der Waals surface area contributed by atoms with Crippen molar-refractivity contribution < 1.29 is 43.5 Å². The van der Waals surface area contributed by atoms with Crippen LogP contribution in [0.2, 0.25) is 0 Å². The smallest absolute Gasteiger partial charge is 0.245 e. The molecule has 2 rings (SSSR count). The first kappa shape index (κ1) is 50.5. The molecular weight excluding hydrogens is 787 g/mol. The molecule has 0 radical (unpaired) electrons. The van der Waals surface area contributed by atoms with Gasteiger partial charge in [-0.2, -0.15) is 11.8 Å². The Morgan fingerprint density at radius 2 is 1.20 bits per heavy atom. The minimum Gasteiger partial charge on any atom is -0.394 e. The van der Waals surface area contributed by atoms with Gasteiger partial charge in [0.25, 0.3) is 0 Å². The standard InChI is InChI=1S/C38H67N11O9S/c1-19(2)14-28(31(39)52)48-37(58)30(18-50)49-33(54)21(4)44-35(56)27(11-13-59-6)46-32(53)20(3)43-34(55)26(8-7-12-42-38(40)41)47-36(57)29(45-22(5)51)17-25-16-23-9-10-24(25)15-23/h19-21,23-30,50H,7-18H2,1-6H3,(H2,39,52)(H,43,55)(H,44,56)(H,45,51)(H,46,53)(H,47,57)(H,48,58)(H,49,54)(H4,40,41,42)/t20-,21-,23?,24?,25-,26-,27-,28-,29-,30-/m0/s1. The number of fused-ring (bicyclic) bond motifs is 2. The van der Waals surface area contributed by atoms with E-state index in [4.69, 9.17) is 17.2 Å². The first-order chi connectivity index (χ1) is 27.7. The van der Waals surface area contributed by atoms with Gasteiger partial charge in [0.15, 0.2) is 5.96 Å². The normalized spacial score (nSPS) is 20.4. The van der Waals surface area contributed by atoms with Gasteiger partial charge in [-0.05, 0) is 101 Å². The minimum atomic E-state index is -1.45. The van der Waals surface area contributed by atoms with Crippen molar-refractivity contribution in [3.8, 4) is 0 Å². The highest BCUT2D eigenvalue weighted by molar-refractivity contribution is 7.98. The summed E-state index contributed by atoms with van der Waals surface area (Å²) in [5.74, 6) is -3.77. The topological polar surface area (TPSA) is 331 Å². The number of aliphatic hydroxyl groups is 1. The second-order valence-electron chi connectivity index (χ2n) is 16.1. The van der Waals surface area contributed by atoms with Gasteiger partial charge in [-0.25, -0.2) is 0 Å². The number of carbonyl (C=O) groups is 8. The number of nitrogens with zero attached hydrogens (tertiary/aromatic N) is 1.